The second kappa shape index (κ2) is 5.33. The Balaban J connectivity index is 2.80. The molecule has 17 heavy (non-hydrogen) atoms. The lowest BCUT2D eigenvalue weighted by molar-refractivity contribution is -0.0713. The lowest BCUT2D eigenvalue weighted by atomic mass is 10.0. The van der Waals surface area contributed by atoms with Gasteiger partial charge in [-0.15, -0.1) is 0 Å². The predicted molar refractivity (Wildman–Crippen MR) is 52.0 cm³/mol. The standard InChI is InChI=1S/C10H11F4NO2/c11-9(12)17-7-3-1-6(2-4-7)8(15)10(13,14)5-16/h1-4,8-9,16H,5,15H2/t8-/m0/s1. The van der Waals surface area contributed by atoms with Gasteiger partial charge in [-0.25, -0.2) is 8.78 Å². The van der Waals surface area contributed by atoms with Gasteiger partial charge in [-0.05, 0) is 17.7 Å². The van der Waals surface area contributed by atoms with Crippen molar-refractivity contribution in [2.24, 2.45) is 5.73 Å². The van der Waals surface area contributed by atoms with Gasteiger partial charge in [0.15, 0.2) is 0 Å². The smallest absolute Gasteiger partial charge is 0.387 e. The van der Waals surface area contributed by atoms with Crippen LogP contribution in [0.4, 0.5) is 17.6 Å². The Hall–Kier alpha value is -1.34. The van der Waals surface area contributed by atoms with Crippen molar-refractivity contribution in [1.29, 1.82) is 0 Å². The average molecular weight is 253 g/mol. The quantitative estimate of drug-likeness (QED) is 0.788. The third kappa shape index (κ3) is 3.57. The van der Waals surface area contributed by atoms with Gasteiger partial charge in [0.1, 0.15) is 12.4 Å². The van der Waals surface area contributed by atoms with Crippen LogP contribution in [0.3, 0.4) is 0 Å². The monoisotopic (exact) mass is 253 g/mol. The molecule has 0 heterocycles. The highest BCUT2D eigenvalue weighted by Crippen LogP contribution is 2.29. The van der Waals surface area contributed by atoms with E-state index in [1.807, 2.05) is 0 Å². The number of ether oxygens (including phenoxy) is 1. The van der Waals surface area contributed by atoms with Crippen LogP contribution in [0.2, 0.25) is 0 Å². The molecule has 0 aliphatic carbocycles. The second-order valence-electron chi connectivity index (χ2n) is 3.34. The van der Waals surface area contributed by atoms with Crippen LogP contribution >= 0.6 is 0 Å². The normalized spacial score (nSPS) is 13.8. The Morgan fingerprint density at radius 3 is 2.18 bits per heavy atom. The van der Waals surface area contributed by atoms with Crippen molar-refractivity contribution in [2.75, 3.05) is 6.61 Å². The number of aliphatic hydroxyl groups excluding tert-OH is 1. The third-order valence-electron chi connectivity index (χ3n) is 2.13. The molecule has 0 aromatic heterocycles. The molecule has 0 aliphatic heterocycles. The fourth-order valence-corrected chi connectivity index (χ4v) is 1.20. The second-order valence-corrected chi connectivity index (χ2v) is 3.34. The fraction of sp³-hybridized carbons (Fsp3) is 0.400. The maximum atomic E-state index is 13.0. The number of hydrogen-bond acceptors (Lipinski definition) is 3. The summed E-state index contributed by atoms with van der Waals surface area (Å²) in [6, 6.07) is 2.80. The molecular weight excluding hydrogens is 242 g/mol. The molecule has 0 aliphatic rings. The van der Waals surface area contributed by atoms with Gasteiger partial charge >= 0.3 is 6.61 Å². The van der Waals surface area contributed by atoms with Crippen LogP contribution in [0.1, 0.15) is 11.6 Å². The lowest BCUT2D eigenvalue weighted by Gasteiger charge is -2.21. The van der Waals surface area contributed by atoms with Gasteiger partial charge in [-0.3, -0.25) is 0 Å². The zero-order valence-corrected chi connectivity index (χ0v) is 8.62. The van der Waals surface area contributed by atoms with Crippen molar-refractivity contribution in [3.63, 3.8) is 0 Å². The number of nitrogens with two attached hydrogens (primary N) is 1. The molecule has 0 saturated carbocycles. The van der Waals surface area contributed by atoms with E-state index < -0.39 is 25.2 Å². The molecule has 1 rings (SSSR count). The van der Waals surface area contributed by atoms with Crippen molar-refractivity contribution in [3.05, 3.63) is 29.8 Å². The first-order valence-corrected chi connectivity index (χ1v) is 4.66. The van der Waals surface area contributed by atoms with Crippen LogP contribution in [0.5, 0.6) is 5.75 Å². The zero-order valence-electron chi connectivity index (χ0n) is 8.62. The summed E-state index contributed by atoms with van der Waals surface area (Å²) in [5.74, 6) is -3.62. The van der Waals surface area contributed by atoms with Crippen molar-refractivity contribution in [2.45, 2.75) is 18.6 Å². The van der Waals surface area contributed by atoms with E-state index in [9.17, 15) is 17.6 Å². The highest BCUT2D eigenvalue weighted by Gasteiger charge is 2.37. The van der Waals surface area contributed by atoms with E-state index >= 15 is 0 Å². The van der Waals surface area contributed by atoms with Gasteiger partial charge in [-0.2, -0.15) is 8.78 Å². The molecule has 1 atom stereocenters. The summed E-state index contributed by atoms with van der Waals surface area (Å²) in [4.78, 5) is 0. The number of halogens is 4. The maximum absolute atomic E-state index is 13.0. The van der Waals surface area contributed by atoms with Gasteiger partial charge in [0, 0.05) is 0 Å². The van der Waals surface area contributed by atoms with E-state index in [-0.39, 0.29) is 11.3 Å². The van der Waals surface area contributed by atoms with Crippen LogP contribution in [-0.2, 0) is 0 Å². The number of rotatable bonds is 5. The molecule has 3 nitrogen and oxygen atoms in total. The summed E-state index contributed by atoms with van der Waals surface area (Å²) in [6.45, 7) is -4.36. The molecule has 0 radical (unpaired) electrons. The number of benzene rings is 1. The van der Waals surface area contributed by atoms with E-state index in [1.54, 1.807) is 0 Å². The summed E-state index contributed by atoms with van der Waals surface area (Å²) in [5, 5.41) is 8.45. The predicted octanol–water partition coefficient (Wildman–Crippen LogP) is 1.92. The molecule has 0 bridgehead atoms. The number of hydrogen-bond donors (Lipinski definition) is 2. The Labute approximate surface area is 94.8 Å². The minimum atomic E-state index is -3.47. The summed E-state index contributed by atoms with van der Waals surface area (Å²) in [7, 11) is 0. The van der Waals surface area contributed by atoms with Crippen LogP contribution in [0.15, 0.2) is 24.3 Å². The van der Waals surface area contributed by atoms with Crippen LogP contribution < -0.4 is 10.5 Å². The number of alkyl halides is 4. The minimum absolute atomic E-state index is 0.0191. The molecule has 0 fully saturated rings. The summed E-state index contributed by atoms with van der Waals surface area (Å²) in [5.41, 5.74) is 5.25. The van der Waals surface area contributed by atoms with Crippen LogP contribution in [-0.4, -0.2) is 24.2 Å². The first kappa shape index (κ1) is 13.7. The van der Waals surface area contributed by atoms with Crippen LogP contribution in [0, 0.1) is 0 Å². The van der Waals surface area contributed by atoms with E-state index in [0.29, 0.717) is 0 Å². The molecule has 7 heteroatoms. The first-order valence-electron chi connectivity index (χ1n) is 4.66. The minimum Gasteiger partial charge on any atom is -0.435 e. The molecule has 0 spiro atoms. The largest absolute Gasteiger partial charge is 0.435 e. The summed E-state index contributed by atoms with van der Waals surface area (Å²) in [6.07, 6.45) is 0. The molecule has 0 amide bonds. The Morgan fingerprint density at radius 1 is 1.24 bits per heavy atom. The average Bonchev–Trinajstić information content (AvgIpc) is 2.28. The summed E-state index contributed by atoms with van der Waals surface area (Å²) < 4.78 is 53.7. The Morgan fingerprint density at radius 2 is 1.76 bits per heavy atom. The highest BCUT2D eigenvalue weighted by atomic mass is 19.3. The third-order valence-corrected chi connectivity index (χ3v) is 2.13. The van der Waals surface area contributed by atoms with Gasteiger partial charge in [-0.1, -0.05) is 12.1 Å². The topological polar surface area (TPSA) is 55.5 Å². The van der Waals surface area contributed by atoms with Crippen molar-refractivity contribution < 1.29 is 27.4 Å². The van der Waals surface area contributed by atoms with E-state index in [1.165, 1.54) is 0 Å². The molecule has 96 valence electrons. The lowest BCUT2D eigenvalue weighted by Crippen LogP contribution is -2.36. The molecule has 1 aromatic rings. The molecule has 3 N–H and O–H groups in total. The van der Waals surface area contributed by atoms with E-state index in [0.717, 1.165) is 24.3 Å². The van der Waals surface area contributed by atoms with Gasteiger partial charge in [0.05, 0.1) is 6.04 Å². The molecule has 1 aromatic carbocycles. The first-order chi connectivity index (χ1) is 7.86. The molecule has 0 saturated heterocycles. The summed E-state index contributed by atoms with van der Waals surface area (Å²) >= 11 is 0. The Kier molecular flexibility index (Phi) is 4.30. The SMILES string of the molecule is N[C@@H](c1ccc(OC(F)F)cc1)C(F)(F)CO. The Bertz CT molecular complexity index is 356. The van der Waals surface area contributed by atoms with Gasteiger partial charge < -0.3 is 15.6 Å². The number of aliphatic hydroxyl groups is 1. The fourth-order valence-electron chi connectivity index (χ4n) is 1.20. The van der Waals surface area contributed by atoms with Crippen molar-refractivity contribution in [1.82, 2.24) is 0 Å². The maximum Gasteiger partial charge on any atom is 0.387 e. The molecular formula is C10H11F4NO2. The van der Waals surface area contributed by atoms with Crippen LogP contribution in [0.25, 0.3) is 0 Å². The van der Waals surface area contributed by atoms with Gasteiger partial charge in [0.25, 0.3) is 5.92 Å². The zero-order chi connectivity index (χ0) is 13.1. The van der Waals surface area contributed by atoms with Gasteiger partial charge in [0.2, 0.25) is 0 Å². The van der Waals surface area contributed by atoms with Crippen molar-refractivity contribution >= 4 is 0 Å². The van der Waals surface area contributed by atoms with E-state index in [4.69, 9.17) is 10.8 Å². The highest BCUT2D eigenvalue weighted by molar-refractivity contribution is 5.30. The molecule has 0 unspecified atom stereocenters. The van der Waals surface area contributed by atoms with E-state index in [2.05, 4.69) is 4.74 Å². The van der Waals surface area contributed by atoms with Crippen molar-refractivity contribution in [3.8, 4) is 5.75 Å².